The van der Waals surface area contributed by atoms with Gasteiger partial charge in [-0.25, -0.2) is 4.98 Å². The van der Waals surface area contributed by atoms with Crippen LogP contribution in [0.15, 0.2) is 48.8 Å². The van der Waals surface area contributed by atoms with Gasteiger partial charge in [-0.2, -0.15) is 5.26 Å². The summed E-state index contributed by atoms with van der Waals surface area (Å²) in [6.45, 7) is 4.06. The molecule has 1 aromatic carbocycles. The molecule has 0 bridgehead atoms. The number of rotatable bonds is 3. The van der Waals surface area contributed by atoms with Crippen molar-refractivity contribution in [2.45, 2.75) is 32.1 Å². The predicted molar refractivity (Wildman–Crippen MR) is 99.9 cm³/mol. The minimum Gasteiger partial charge on any atom is -0.370 e. The van der Waals surface area contributed by atoms with Crippen molar-refractivity contribution < 1.29 is 0 Å². The number of benzene rings is 1. The molecule has 1 saturated heterocycles. The summed E-state index contributed by atoms with van der Waals surface area (Å²) in [5.74, 6) is 0.616. The Morgan fingerprint density at radius 2 is 1.92 bits per heavy atom. The Bertz CT molecular complexity index is 912. The van der Waals surface area contributed by atoms with Gasteiger partial charge < -0.3 is 9.30 Å². The fourth-order valence-corrected chi connectivity index (χ4v) is 3.90. The maximum Gasteiger partial charge on any atom is 0.157 e. The van der Waals surface area contributed by atoms with E-state index in [-0.39, 0.29) is 0 Å². The number of fused-ring (bicyclic) bond motifs is 1. The number of anilines is 1. The Kier molecular flexibility index (Phi) is 4.15. The Morgan fingerprint density at radius 1 is 1.16 bits per heavy atom. The standard InChI is InChI=1S/C21H22N4/c1-2-18-15-23-21-19(14-22)20(10-13-25(18)21)24-11-8-17(9-12-24)16-6-4-3-5-7-16/h3-7,10,13,15,17H,2,8-9,11-12H2,1H3. The molecule has 3 aromatic rings. The van der Waals surface area contributed by atoms with Gasteiger partial charge in [0.25, 0.3) is 0 Å². The van der Waals surface area contributed by atoms with Gasteiger partial charge >= 0.3 is 0 Å². The SMILES string of the molecule is CCc1cnc2c(C#N)c(N3CCC(c4ccccc4)CC3)ccn12. The largest absolute Gasteiger partial charge is 0.370 e. The highest BCUT2D eigenvalue weighted by Gasteiger charge is 2.23. The number of aryl methyl sites for hydroxylation is 1. The van der Waals surface area contributed by atoms with E-state index in [1.807, 2.05) is 10.6 Å². The fraction of sp³-hybridized carbons (Fsp3) is 0.333. The third kappa shape index (κ3) is 2.76. The van der Waals surface area contributed by atoms with Gasteiger partial charge in [0.15, 0.2) is 5.65 Å². The van der Waals surface area contributed by atoms with Crippen LogP contribution in [0, 0.1) is 11.3 Å². The second-order valence-corrected chi connectivity index (χ2v) is 6.66. The molecule has 0 aliphatic carbocycles. The van der Waals surface area contributed by atoms with Crippen molar-refractivity contribution in [3.05, 3.63) is 65.6 Å². The lowest BCUT2D eigenvalue weighted by atomic mass is 9.89. The Hall–Kier alpha value is -2.80. The summed E-state index contributed by atoms with van der Waals surface area (Å²) < 4.78 is 2.04. The number of hydrogen-bond donors (Lipinski definition) is 0. The highest BCUT2D eigenvalue weighted by molar-refractivity contribution is 5.71. The van der Waals surface area contributed by atoms with Crippen LogP contribution < -0.4 is 4.90 Å². The van der Waals surface area contributed by atoms with Crippen LogP contribution in [0.3, 0.4) is 0 Å². The zero-order valence-corrected chi connectivity index (χ0v) is 14.5. The summed E-state index contributed by atoms with van der Waals surface area (Å²) in [6.07, 6.45) is 7.08. The van der Waals surface area contributed by atoms with Crippen LogP contribution in [0.5, 0.6) is 0 Å². The monoisotopic (exact) mass is 330 g/mol. The molecule has 0 unspecified atom stereocenters. The summed E-state index contributed by atoms with van der Waals surface area (Å²) >= 11 is 0. The van der Waals surface area contributed by atoms with E-state index in [4.69, 9.17) is 0 Å². The van der Waals surface area contributed by atoms with Crippen molar-refractivity contribution in [1.82, 2.24) is 9.38 Å². The number of aromatic nitrogens is 2. The molecule has 0 saturated carbocycles. The normalized spacial score (nSPS) is 15.4. The van der Waals surface area contributed by atoms with E-state index in [2.05, 4.69) is 65.5 Å². The lowest BCUT2D eigenvalue weighted by Gasteiger charge is -2.34. The highest BCUT2D eigenvalue weighted by atomic mass is 15.1. The molecular formula is C21H22N4. The molecule has 3 heterocycles. The van der Waals surface area contributed by atoms with Gasteiger partial charge in [-0.15, -0.1) is 0 Å². The number of hydrogen-bond acceptors (Lipinski definition) is 3. The molecule has 1 aliphatic rings. The van der Waals surface area contributed by atoms with Crippen molar-refractivity contribution in [3.63, 3.8) is 0 Å². The lowest BCUT2D eigenvalue weighted by Crippen LogP contribution is -2.33. The van der Waals surface area contributed by atoms with Crippen LogP contribution in [0.25, 0.3) is 5.65 Å². The van der Waals surface area contributed by atoms with Crippen LogP contribution >= 0.6 is 0 Å². The zero-order valence-electron chi connectivity index (χ0n) is 14.5. The molecule has 0 spiro atoms. The molecule has 4 nitrogen and oxygen atoms in total. The van der Waals surface area contributed by atoms with E-state index in [1.165, 1.54) is 5.56 Å². The number of pyridine rings is 1. The van der Waals surface area contributed by atoms with E-state index >= 15 is 0 Å². The van der Waals surface area contributed by atoms with Crippen LogP contribution in [0.1, 0.15) is 42.5 Å². The maximum absolute atomic E-state index is 9.73. The molecule has 4 heteroatoms. The van der Waals surface area contributed by atoms with Gasteiger partial charge in [-0.1, -0.05) is 37.3 Å². The minimum absolute atomic E-state index is 0.616. The maximum atomic E-state index is 9.73. The van der Waals surface area contributed by atoms with Crippen molar-refractivity contribution >= 4 is 11.3 Å². The second kappa shape index (κ2) is 6.60. The molecule has 0 radical (unpaired) electrons. The number of piperidine rings is 1. The van der Waals surface area contributed by atoms with Crippen LogP contribution in [0.2, 0.25) is 0 Å². The van der Waals surface area contributed by atoms with E-state index in [0.29, 0.717) is 11.5 Å². The van der Waals surface area contributed by atoms with Gasteiger partial charge in [-0.3, -0.25) is 0 Å². The Balaban J connectivity index is 1.60. The molecule has 0 amide bonds. The van der Waals surface area contributed by atoms with Crippen LogP contribution in [-0.2, 0) is 6.42 Å². The molecule has 4 rings (SSSR count). The third-order valence-corrected chi connectivity index (χ3v) is 5.32. The first-order valence-corrected chi connectivity index (χ1v) is 9.00. The molecule has 1 fully saturated rings. The van der Waals surface area contributed by atoms with Crippen LogP contribution in [0.4, 0.5) is 5.69 Å². The first-order valence-electron chi connectivity index (χ1n) is 9.00. The van der Waals surface area contributed by atoms with Gasteiger partial charge in [0.05, 0.1) is 5.69 Å². The van der Waals surface area contributed by atoms with E-state index in [9.17, 15) is 5.26 Å². The molecule has 0 N–H and O–H groups in total. The predicted octanol–water partition coefficient (Wildman–Crippen LogP) is 4.15. The number of imidazole rings is 1. The summed E-state index contributed by atoms with van der Waals surface area (Å²) in [4.78, 5) is 6.84. The topological polar surface area (TPSA) is 44.3 Å². The second-order valence-electron chi connectivity index (χ2n) is 6.66. The molecular weight excluding hydrogens is 308 g/mol. The molecule has 25 heavy (non-hydrogen) atoms. The van der Waals surface area contributed by atoms with Crippen molar-refractivity contribution in [2.24, 2.45) is 0 Å². The van der Waals surface area contributed by atoms with Gasteiger partial charge in [0.1, 0.15) is 11.6 Å². The zero-order chi connectivity index (χ0) is 17.2. The Morgan fingerprint density at radius 3 is 2.60 bits per heavy atom. The van der Waals surface area contributed by atoms with Crippen LogP contribution in [-0.4, -0.2) is 22.5 Å². The molecule has 1 aliphatic heterocycles. The Labute approximate surface area is 148 Å². The van der Waals surface area contributed by atoms with Gasteiger partial charge in [0.2, 0.25) is 0 Å². The first-order chi connectivity index (χ1) is 12.3. The van der Waals surface area contributed by atoms with E-state index in [0.717, 1.165) is 49.4 Å². The van der Waals surface area contributed by atoms with Crippen molar-refractivity contribution in [3.8, 4) is 6.07 Å². The smallest absolute Gasteiger partial charge is 0.157 e. The first kappa shape index (κ1) is 15.7. The van der Waals surface area contributed by atoms with Gasteiger partial charge in [-0.05, 0) is 36.8 Å². The fourth-order valence-electron chi connectivity index (χ4n) is 3.90. The van der Waals surface area contributed by atoms with Crippen molar-refractivity contribution in [2.75, 3.05) is 18.0 Å². The average molecular weight is 330 g/mol. The minimum atomic E-state index is 0.616. The molecule has 2 aromatic heterocycles. The number of nitriles is 1. The molecule has 126 valence electrons. The summed E-state index contributed by atoms with van der Waals surface area (Å²) in [5, 5.41) is 9.73. The van der Waals surface area contributed by atoms with Gasteiger partial charge in [0, 0.05) is 31.2 Å². The van der Waals surface area contributed by atoms with E-state index < -0.39 is 0 Å². The summed E-state index contributed by atoms with van der Waals surface area (Å²) in [5.41, 5.74) is 5.07. The summed E-state index contributed by atoms with van der Waals surface area (Å²) in [7, 11) is 0. The third-order valence-electron chi connectivity index (χ3n) is 5.32. The van der Waals surface area contributed by atoms with Crippen molar-refractivity contribution in [1.29, 1.82) is 5.26 Å². The van der Waals surface area contributed by atoms with E-state index in [1.54, 1.807) is 0 Å². The summed E-state index contributed by atoms with van der Waals surface area (Å²) in [6, 6.07) is 15.2. The lowest BCUT2D eigenvalue weighted by molar-refractivity contribution is 0.505. The average Bonchev–Trinajstić information content (AvgIpc) is 3.11. The molecule has 0 atom stereocenters. The number of nitrogens with zero attached hydrogens (tertiary/aromatic N) is 4. The quantitative estimate of drug-likeness (QED) is 0.724. The highest BCUT2D eigenvalue weighted by Crippen LogP contribution is 2.32.